The summed E-state index contributed by atoms with van der Waals surface area (Å²) in [5.74, 6) is 0.672. The van der Waals surface area contributed by atoms with E-state index in [4.69, 9.17) is 10.8 Å². The Morgan fingerprint density at radius 1 is 1.47 bits per heavy atom. The largest absolute Gasteiger partial charge is 0.396 e. The molecule has 0 bridgehead atoms. The molecule has 6 heteroatoms. The van der Waals surface area contributed by atoms with E-state index in [1.165, 1.54) is 11.9 Å². The van der Waals surface area contributed by atoms with Crippen LogP contribution in [0.15, 0.2) is 18.2 Å². The van der Waals surface area contributed by atoms with Crippen LogP contribution in [0.1, 0.15) is 12.8 Å². The molecule has 6 nitrogen and oxygen atoms in total. The lowest BCUT2D eigenvalue weighted by Crippen LogP contribution is -2.19. The van der Waals surface area contributed by atoms with Crippen LogP contribution in [0.4, 0.5) is 5.82 Å². The van der Waals surface area contributed by atoms with Crippen LogP contribution >= 0.6 is 0 Å². The maximum absolute atomic E-state index is 9.13. The number of imidazole rings is 1. The average molecular weight is 231 g/mol. The highest BCUT2D eigenvalue weighted by atomic mass is 16.3. The van der Waals surface area contributed by atoms with Gasteiger partial charge in [-0.3, -0.25) is 4.57 Å². The topological polar surface area (TPSA) is 89.9 Å². The Hall–Kier alpha value is -1.95. The Morgan fingerprint density at radius 3 is 3.06 bits per heavy atom. The van der Waals surface area contributed by atoms with Crippen LogP contribution in [0.3, 0.4) is 0 Å². The number of nitrogens with two attached hydrogens (primary N) is 1. The van der Waals surface area contributed by atoms with E-state index >= 15 is 0 Å². The molecule has 0 aliphatic heterocycles. The highest BCUT2D eigenvalue weighted by Crippen LogP contribution is 2.33. The van der Waals surface area contributed by atoms with Crippen LogP contribution in [0, 0.1) is 5.92 Å². The number of fused-ring (bicyclic) bond motifs is 1. The van der Waals surface area contributed by atoms with Gasteiger partial charge >= 0.3 is 0 Å². The summed E-state index contributed by atoms with van der Waals surface area (Å²) < 4.78 is 1.84. The number of rotatable bonds is 2. The van der Waals surface area contributed by atoms with Gasteiger partial charge in [0.1, 0.15) is 12.7 Å². The molecule has 1 aliphatic rings. The van der Waals surface area contributed by atoms with E-state index in [9.17, 15) is 0 Å². The normalized spacial score (nSPS) is 21.9. The summed E-state index contributed by atoms with van der Waals surface area (Å²) in [6.07, 6.45) is 7.15. The van der Waals surface area contributed by atoms with E-state index in [2.05, 4.69) is 15.0 Å². The monoisotopic (exact) mass is 231 g/mol. The third-order valence-corrected chi connectivity index (χ3v) is 3.22. The summed E-state index contributed by atoms with van der Waals surface area (Å²) in [5.41, 5.74) is 8.26. The quantitative estimate of drug-likeness (QED) is 0.792. The van der Waals surface area contributed by atoms with Gasteiger partial charge in [-0.2, -0.15) is 0 Å². The first kappa shape index (κ1) is 10.2. The molecule has 0 amide bonds. The third-order valence-electron chi connectivity index (χ3n) is 3.22. The fourth-order valence-corrected chi connectivity index (χ4v) is 2.04. The summed E-state index contributed by atoms with van der Waals surface area (Å²) in [7, 11) is 0. The highest BCUT2D eigenvalue weighted by Gasteiger charge is 2.23. The number of hydrogen-bond donors (Lipinski definition) is 2. The Kier molecular flexibility index (Phi) is 2.29. The van der Waals surface area contributed by atoms with E-state index in [0.717, 1.165) is 12.8 Å². The molecule has 0 radical (unpaired) electrons. The van der Waals surface area contributed by atoms with Crippen LogP contribution in [0.25, 0.3) is 17.4 Å². The molecule has 88 valence electrons. The maximum atomic E-state index is 9.13. The zero-order valence-corrected chi connectivity index (χ0v) is 9.24. The molecular formula is C11H13N5O. The second kappa shape index (κ2) is 3.81. The van der Waals surface area contributed by atoms with Gasteiger partial charge in [-0.15, -0.1) is 0 Å². The Labute approximate surface area is 97.8 Å². The van der Waals surface area contributed by atoms with Crippen molar-refractivity contribution in [2.24, 2.45) is 5.92 Å². The zero-order chi connectivity index (χ0) is 11.8. The SMILES string of the molecule is Nc1ncnc2c1ncn2/C=C1\CCC1CO. The molecule has 17 heavy (non-hydrogen) atoms. The van der Waals surface area contributed by atoms with Crippen molar-refractivity contribution >= 4 is 23.2 Å². The molecule has 1 aliphatic carbocycles. The zero-order valence-electron chi connectivity index (χ0n) is 9.24. The lowest BCUT2D eigenvalue weighted by Gasteiger charge is -2.27. The summed E-state index contributed by atoms with van der Waals surface area (Å²) in [6.45, 7) is 0.204. The summed E-state index contributed by atoms with van der Waals surface area (Å²) in [4.78, 5) is 12.2. The molecule has 1 saturated carbocycles. The molecule has 1 atom stereocenters. The fourth-order valence-electron chi connectivity index (χ4n) is 2.04. The van der Waals surface area contributed by atoms with Gasteiger partial charge in [0.15, 0.2) is 17.0 Å². The maximum Gasteiger partial charge on any atom is 0.169 e. The number of hydrogen-bond acceptors (Lipinski definition) is 5. The van der Waals surface area contributed by atoms with Gasteiger partial charge in [0.2, 0.25) is 0 Å². The lowest BCUT2D eigenvalue weighted by molar-refractivity contribution is 0.212. The minimum Gasteiger partial charge on any atom is -0.396 e. The third kappa shape index (κ3) is 1.57. The van der Waals surface area contributed by atoms with Gasteiger partial charge in [0.05, 0.1) is 0 Å². The Morgan fingerprint density at radius 2 is 2.35 bits per heavy atom. The van der Waals surface area contributed by atoms with E-state index in [-0.39, 0.29) is 12.5 Å². The fraction of sp³-hybridized carbons (Fsp3) is 0.364. The van der Waals surface area contributed by atoms with Gasteiger partial charge in [0.25, 0.3) is 0 Å². The van der Waals surface area contributed by atoms with Crippen molar-refractivity contribution in [3.05, 3.63) is 18.2 Å². The number of nitrogen functional groups attached to an aromatic ring is 1. The number of anilines is 1. The molecule has 1 fully saturated rings. The smallest absolute Gasteiger partial charge is 0.169 e. The molecule has 3 rings (SSSR count). The first-order valence-electron chi connectivity index (χ1n) is 5.54. The van der Waals surface area contributed by atoms with Crippen molar-refractivity contribution < 1.29 is 5.11 Å². The molecule has 2 aromatic rings. The van der Waals surface area contributed by atoms with E-state index in [1.54, 1.807) is 6.33 Å². The van der Waals surface area contributed by atoms with E-state index in [0.29, 0.717) is 17.0 Å². The van der Waals surface area contributed by atoms with Crippen LogP contribution in [0.5, 0.6) is 0 Å². The summed E-state index contributed by atoms with van der Waals surface area (Å²) in [5, 5.41) is 9.13. The Balaban J connectivity index is 2.04. The van der Waals surface area contributed by atoms with Gasteiger partial charge in [-0.05, 0) is 18.4 Å². The molecule has 3 N–H and O–H groups in total. The van der Waals surface area contributed by atoms with Crippen molar-refractivity contribution in [2.75, 3.05) is 12.3 Å². The summed E-state index contributed by atoms with van der Waals surface area (Å²) >= 11 is 0. The standard InChI is InChI=1S/C11H13N5O/c12-10-9-11(14-5-13-10)16(6-15-9)3-7-1-2-8(7)4-17/h3,5-6,8,17H,1-2,4H2,(H2,12,13,14)/b7-3+. The first-order chi connectivity index (χ1) is 8.29. The molecule has 0 saturated heterocycles. The number of nitrogens with zero attached hydrogens (tertiary/aromatic N) is 4. The second-order valence-electron chi connectivity index (χ2n) is 4.21. The van der Waals surface area contributed by atoms with Gasteiger partial charge in [-0.25, -0.2) is 15.0 Å². The minimum absolute atomic E-state index is 0.204. The van der Waals surface area contributed by atoms with Crippen LogP contribution in [-0.4, -0.2) is 31.2 Å². The number of aliphatic hydroxyl groups is 1. The van der Waals surface area contributed by atoms with Crippen LogP contribution in [-0.2, 0) is 0 Å². The van der Waals surface area contributed by atoms with E-state index < -0.39 is 0 Å². The van der Waals surface area contributed by atoms with Crippen molar-refractivity contribution in [3.8, 4) is 0 Å². The Bertz CT molecular complexity index is 587. The predicted molar refractivity (Wildman–Crippen MR) is 63.8 cm³/mol. The molecule has 2 heterocycles. The van der Waals surface area contributed by atoms with Gasteiger partial charge in [-0.1, -0.05) is 0 Å². The predicted octanol–water partition coefficient (Wildman–Crippen LogP) is 0.652. The first-order valence-corrected chi connectivity index (χ1v) is 5.54. The molecular weight excluding hydrogens is 218 g/mol. The molecule has 1 unspecified atom stereocenters. The molecule has 0 spiro atoms. The highest BCUT2D eigenvalue weighted by molar-refractivity contribution is 5.82. The summed E-state index contributed by atoms with van der Waals surface area (Å²) in [6, 6.07) is 0. The second-order valence-corrected chi connectivity index (χ2v) is 4.21. The van der Waals surface area contributed by atoms with Gasteiger partial charge < -0.3 is 10.8 Å². The molecule has 2 aromatic heterocycles. The van der Waals surface area contributed by atoms with Crippen LogP contribution < -0.4 is 5.73 Å². The van der Waals surface area contributed by atoms with Crippen molar-refractivity contribution in [1.29, 1.82) is 0 Å². The minimum atomic E-state index is 0.204. The number of aromatic nitrogens is 4. The van der Waals surface area contributed by atoms with Crippen molar-refractivity contribution in [1.82, 2.24) is 19.5 Å². The average Bonchev–Trinajstić information content (AvgIpc) is 2.70. The van der Waals surface area contributed by atoms with Gasteiger partial charge in [0, 0.05) is 18.7 Å². The molecule has 0 aromatic carbocycles. The number of aliphatic hydroxyl groups excluding tert-OH is 1. The van der Waals surface area contributed by atoms with Crippen molar-refractivity contribution in [2.45, 2.75) is 12.8 Å². The van der Waals surface area contributed by atoms with Crippen molar-refractivity contribution in [3.63, 3.8) is 0 Å². The lowest BCUT2D eigenvalue weighted by atomic mass is 9.80. The van der Waals surface area contributed by atoms with Crippen LogP contribution in [0.2, 0.25) is 0 Å². The van der Waals surface area contributed by atoms with E-state index in [1.807, 2.05) is 10.8 Å².